The fourth-order valence-corrected chi connectivity index (χ4v) is 4.90. The van der Waals surface area contributed by atoms with E-state index in [9.17, 15) is 17.6 Å². The van der Waals surface area contributed by atoms with E-state index in [4.69, 9.17) is 0 Å². The number of amides is 1. The third-order valence-electron chi connectivity index (χ3n) is 4.84. The summed E-state index contributed by atoms with van der Waals surface area (Å²) in [5.41, 5.74) is 0.742. The van der Waals surface area contributed by atoms with Gasteiger partial charge in [-0.3, -0.25) is 4.79 Å². The predicted molar refractivity (Wildman–Crippen MR) is 114 cm³/mol. The summed E-state index contributed by atoms with van der Waals surface area (Å²) in [6.07, 6.45) is 1.69. The first-order valence-electron chi connectivity index (χ1n) is 9.38. The van der Waals surface area contributed by atoms with E-state index in [1.165, 1.54) is 12.1 Å². The summed E-state index contributed by atoms with van der Waals surface area (Å²) in [5, 5.41) is 2.88. The van der Waals surface area contributed by atoms with Crippen LogP contribution in [0.1, 0.15) is 19.3 Å². The predicted octanol–water partition coefficient (Wildman–Crippen LogP) is 3.36. The lowest BCUT2D eigenvalue weighted by atomic mass is 10.1. The van der Waals surface area contributed by atoms with Crippen LogP contribution in [0.4, 0.5) is 10.1 Å². The fourth-order valence-electron chi connectivity index (χ4n) is 3.21. The number of rotatable bonds is 7. The van der Waals surface area contributed by atoms with Gasteiger partial charge in [-0.2, -0.15) is 0 Å². The number of para-hydroxylation sites is 1. The van der Waals surface area contributed by atoms with Crippen LogP contribution in [0, 0.1) is 5.82 Å². The number of anilines is 1. The van der Waals surface area contributed by atoms with Crippen LogP contribution in [-0.2, 0) is 14.8 Å². The van der Waals surface area contributed by atoms with Crippen LogP contribution in [0.3, 0.4) is 0 Å². The highest BCUT2D eigenvalue weighted by molar-refractivity contribution is 9.10. The van der Waals surface area contributed by atoms with Gasteiger partial charge in [-0.25, -0.2) is 17.5 Å². The molecule has 156 valence electrons. The molecule has 0 radical (unpaired) electrons. The molecule has 0 aliphatic carbocycles. The molecule has 0 atom stereocenters. The SMILES string of the molecule is O=C(CCN1CCC(NS(=O)(=O)c2ccc(F)cc2)CC1)Nc1ccccc1Br. The summed E-state index contributed by atoms with van der Waals surface area (Å²) in [4.78, 5) is 14.4. The minimum atomic E-state index is -3.66. The summed E-state index contributed by atoms with van der Waals surface area (Å²) < 4.78 is 41.3. The van der Waals surface area contributed by atoms with Crippen molar-refractivity contribution < 1.29 is 17.6 Å². The van der Waals surface area contributed by atoms with Crippen LogP contribution in [0.25, 0.3) is 0 Å². The summed E-state index contributed by atoms with van der Waals surface area (Å²) in [5.74, 6) is -0.531. The van der Waals surface area contributed by atoms with Crippen LogP contribution < -0.4 is 10.0 Å². The quantitative estimate of drug-likeness (QED) is 0.632. The first-order chi connectivity index (χ1) is 13.8. The Balaban J connectivity index is 1.43. The highest BCUT2D eigenvalue weighted by atomic mass is 79.9. The normalized spacial score (nSPS) is 15.9. The summed E-state index contributed by atoms with van der Waals surface area (Å²) >= 11 is 3.40. The highest BCUT2D eigenvalue weighted by Gasteiger charge is 2.24. The molecule has 1 heterocycles. The number of piperidine rings is 1. The molecule has 1 fully saturated rings. The van der Waals surface area contributed by atoms with Crippen LogP contribution >= 0.6 is 15.9 Å². The van der Waals surface area contributed by atoms with E-state index in [1.807, 2.05) is 24.3 Å². The lowest BCUT2D eigenvalue weighted by molar-refractivity contribution is -0.116. The maximum atomic E-state index is 13.0. The second kappa shape index (κ2) is 9.80. The number of halogens is 2. The van der Waals surface area contributed by atoms with Crippen molar-refractivity contribution in [3.8, 4) is 0 Å². The topological polar surface area (TPSA) is 78.5 Å². The van der Waals surface area contributed by atoms with Crippen LogP contribution in [0.15, 0.2) is 57.9 Å². The molecule has 2 N–H and O–H groups in total. The van der Waals surface area contributed by atoms with Crippen molar-refractivity contribution in [3.63, 3.8) is 0 Å². The van der Waals surface area contributed by atoms with Crippen molar-refractivity contribution >= 4 is 37.5 Å². The molecule has 29 heavy (non-hydrogen) atoms. The number of sulfonamides is 1. The van der Waals surface area contributed by atoms with Crippen LogP contribution in [0.2, 0.25) is 0 Å². The van der Waals surface area contributed by atoms with E-state index < -0.39 is 15.8 Å². The second-order valence-electron chi connectivity index (χ2n) is 6.97. The lowest BCUT2D eigenvalue weighted by Gasteiger charge is -2.32. The standard InChI is InChI=1S/C20H23BrFN3O3S/c21-18-3-1-2-4-19(18)23-20(26)11-14-25-12-9-16(10-13-25)24-29(27,28)17-7-5-15(22)6-8-17/h1-8,16,24H,9-14H2,(H,23,26). The van der Waals surface area contributed by atoms with Crippen molar-refractivity contribution in [2.24, 2.45) is 0 Å². The molecule has 3 rings (SSSR count). The number of carbonyl (C=O) groups is 1. The number of hydrogen-bond donors (Lipinski definition) is 2. The molecule has 2 aromatic rings. The number of nitrogens with one attached hydrogen (secondary N) is 2. The molecule has 6 nitrogen and oxygen atoms in total. The molecule has 0 unspecified atom stereocenters. The zero-order chi connectivity index (χ0) is 20.9. The van der Waals surface area contributed by atoms with E-state index in [2.05, 4.69) is 30.9 Å². The third-order valence-corrected chi connectivity index (χ3v) is 7.06. The Hall–Kier alpha value is -1.81. The Kier molecular flexibility index (Phi) is 7.39. The molecule has 1 aliphatic rings. The molecule has 0 bridgehead atoms. The van der Waals surface area contributed by atoms with Gasteiger partial charge in [0.15, 0.2) is 0 Å². The lowest BCUT2D eigenvalue weighted by Crippen LogP contribution is -2.45. The Bertz CT molecular complexity index is 946. The zero-order valence-corrected chi connectivity index (χ0v) is 18.2. The summed E-state index contributed by atoms with van der Waals surface area (Å²) in [7, 11) is -3.66. The average molecular weight is 484 g/mol. The fraction of sp³-hybridized carbons (Fsp3) is 0.350. The monoisotopic (exact) mass is 483 g/mol. The number of likely N-dealkylation sites (tertiary alicyclic amines) is 1. The first kappa shape index (κ1) is 21.9. The second-order valence-corrected chi connectivity index (χ2v) is 9.54. The van der Waals surface area contributed by atoms with Gasteiger partial charge >= 0.3 is 0 Å². The number of carbonyl (C=O) groups excluding carboxylic acids is 1. The minimum Gasteiger partial charge on any atom is -0.325 e. The molecule has 9 heteroatoms. The van der Waals surface area contributed by atoms with E-state index >= 15 is 0 Å². The number of benzene rings is 2. The largest absolute Gasteiger partial charge is 0.325 e. The van der Waals surface area contributed by atoms with Gasteiger partial charge in [0.25, 0.3) is 0 Å². The van der Waals surface area contributed by atoms with E-state index in [1.54, 1.807) is 0 Å². The van der Waals surface area contributed by atoms with Crippen molar-refractivity contribution in [1.29, 1.82) is 0 Å². The Labute approximate surface area is 178 Å². The van der Waals surface area contributed by atoms with Crippen LogP contribution in [0.5, 0.6) is 0 Å². The molecular formula is C20H23BrFN3O3S. The van der Waals surface area contributed by atoms with Gasteiger partial charge in [-0.1, -0.05) is 12.1 Å². The third kappa shape index (κ3) is 6.33. The van der Waals surface area contributed by atoms with Gasteiger partial charge in [0.1, 0.15) is 5.82 Å². The molecule has 1 saturated heterocycles. The van der Waals surface area contributed by atoms with Gasteiger partial charge in [0.05, 0.1) is 10.6 Å². The van der Waals surface area contributed by atoms with Crippen molar-refractivity contribution in [2.45, 2.75) is 30.2 Å². The maximum absolute atomic E-state index is 13.0. The van der Waals surface area contributed by atoms with Crippen molar-refractivity contribution in [1.82, 2.24) is 9.62 Å². The molecule has 0 saturated carbocycles. The molecule has 0 spiro atoms. The van der Waals surface area contributed by atoms with Crippen molar-refractivity contribution in [2.75, 3.05) is 25.0 Å². The molecule has 1 aliphatic heterocycles. The first-order valence-corrected chi connectivity index (χ1v) is 11.7. The highest BCUT2D eigenvalue weighted by Crippen LogP contribution is 2.21. The Morgan fingerprint density at radius 1 is 1.10 bits per heavy atom. The number of nitrogens with zero attached hydrogens (tertiary/aromatic N) is 1. The van der Waals surface area contributed by atoms with Gasteiger partial charge in [-0.15, -0.1) is 0 Å². The minimum absolute atomic E-state index is 0.0592. The smallest absolute Gasteiger partial charge is 0.240 e. The average Bonchev–Trinajstić information content (AvgIpc) is 2.69. The van der Waals surface area contributed by atoms with Gasteiger partial charge in [0, 0.05) is 23.5 Å². The van der Waals surface area contributed by atoms with Crippen LogP contribution in [-0.4, -0.2) is 44.9 Å². The Morgan fingerprint density at radius 3 is 2.41 bits per heavy atom. The van der Waals surface area contributed by atoms with E-state index in [0.29, 0.717) is 38.9 Å². The molecule has 0 aromatic heterocycles. The molecular weight excluding hydrogens is 461 g/mol. The number of hydrogen-bond acceptors (Lipinski definition) is 4. The Morgan fingerprint density at radius 2 is 1.76 bits per heavy atom. The van der Waals surface area contributed by atoms with E-state index in [-0.39, 0.29) is 16.8 Å². The summed E-state index contributed by atoms with van der Waals surface area (Å²) in [6, 6.07) is 12.1. The van der Waals surface area contributed by atoms with Gasteiger partial charge in [0.2, 0.25) is 15.9 Å². The van der Waals surface area contributed by atoms with Crippen molar-refractivity contribution in [3.05, 3.63) is 58.8 Å². The molecule has 1 amide bonds. The van der Waals surface area contributed by atoms with Gasteiger partial charge in [-0.05, 0) is 78.3 Å². The maximum Gasteiger partial charge on any atom is 0.240 e. The van der Waals surface area contributed by atoms with E-state index in [0.717, 1.165) is 22.3 Å². The summed E-state index contributed by atoms with van der Waals surface area (Å²) in [6.45, 7) is 2.03. The van der Waals surface area contributed by atoms with Gasteiger partial charge < -0.3 is 10.2 Å². The molecule has 2 aromatic carbocycles. The zero-order valence-electron chi connectivity index (χ0n) is 15.8.